The Morgan fingerprint density at radius 3 is 3.00 bits per heavy atom. The standard InChI is InChI=1S/C14H15N5O4/c1-3-23-12-8(5-4-6-11(12)22-2)10-7-9(13(20)21)15-14-16-17-18-19(10)14/h4-7,10H,3H2,1-2H3,(H,20,21)(H,15,16,18). The molecule has 1 aliphatic rings. The first-order valence-electron chi connectivity index (χ1n) is 6.95. The van der Waals surface area contributed by atoms with Gasteiger partial charge in [-0.1, -0.05) is 17.2 Å². The van der Waals surface area contributed by atoms with E-state index in [1.165, 1.54) is 10.8 Å². The van der Waals surface area contributed by atoms with Crippen LogP contribution in [-0.2, 0) is 4.79 Å². The lowest BCUT2D eigenvalue weighted by Crippen LogP contribution is -2.24. The number of hydrogen-bond acceptors (Lipinski definition) is 7. The summed E-state index contributed by atoms with van der Waals surface area (Å²) in [7, 11) is 1.55. The van der Waals surface area contributed by atoms with Gasteiger partial charge in [-0.25, -0.2) is 4.79 Å². The number of carboxylic acids is 1. The number of methoxy groups -OCH3 is 1. The van der Waals surface area contributed by atoms with Gasteiger partial charge in [-0.3, -0.25) is 0 Å². The number of aliphatic carboxylic acids is 1. The molecule has 1 aromatic heterocycles. The minimum absolute atomic E-state index is 0.00238. The Hall–Kier alpha value is -3.10. The quantitative estimate of drug-likeness (QED) is 0.842. The van der Waals surface area contributed by atoms with Crippen LogP contribution in [0.3, 0.4) is 0 Å². The number of anilines is 1. The second kappa shape index (κ2) is 5.95. The van der Waals surface area contributed by atoms with E-state index in [1.807, 2.05) is 13.0 Å². The van der Waals surface area contributed by atoms with Crippen LogP contribution in [0, 0.1) is 0 Å². The van der Waals surface area contributed by atoms with Crippen molar-refractivity contribution in [2.45, 2.75) is 13.0 Å². The van der Waals surface area contributed by atoms with Crippen LogP contribution < -0.4 is 14.8 Å². The van der Waals surface area contributed by atoms with Crippen LogP contribution >= 0.6 is 0 Å². The Kier molecular flexibility index (Phi) is 3.83. The average molecular weight is 317 g/mol. The Morgan fingerprint density at radius 1 is 1.48 bits per heavy atom. The molecular formula is C14H15N5O4. The molecule has 0 radical (unpaired) electrons. The summed E-state index contributed by atoms with van der Waals surface area (Å²) in [5.41, 5.74) is 0.711. The molecule has 2 N–H and O–H groups in total. The normalized spacial score (nSPS) is 16.1. The zero-order valence-electron chi connectivity index (χ0n) is 12.6. The Balaban J connectivity index is 2.16. The van der Waals surface area contributed by atoms with Gasteiger partial charge in [0.2, 0.25) is 5.95 Å². The van der Waals surface area contributed by atoms with E-state index in [2.05, 4.69) is 20.8 Å². The van der Waals surface area contributed by atoms with Gasteiger partial charge in [-0.2, -0.15) is 4.68 Å². The molecule has 0 spiro atoms. The minimum Gasteiger partial charge on any atom is -0.493 e. The molecule has 1 aliphatic heterocycles. The van der Waals surface area contributed by atoms with Gasteiger partial charge in [-0.15, -0.1) is 0 Å². The highest BCUT2D eigenvalue weighted by atomic mass is 16.5. The van der Waals surface area contributed by atoms with E-state index < -0.39 is 12.0 Å². The van der Waals surface area contributed by atoms with Crippen molar-refractivity contribution in [1.29, 1.82) is 0 Å². The predicted molar refractivity (Wildman–Crippen MR) is 79.5 cm³/mol. The Labute approximate surface area is 131 Å². The summed E-state index contributed by atoms with van der Waals surface area (Å²) in [4.78, 5) is 11.3. The second-order valence-electron chi connectivity index (χ2n) is 4.71. The summed E-state index contributed by atoms with van der Waals surface area (Å²) in [5, 5.41) is 23.3. The van der Waals surface area contributed by atoms with Crippen LogP contribution in [0.25, 0.3) is 0 Å². The van der Waals surface area contributed by atoms with Gasteiger partial charge in [0.25, 0.3) is 0 Å². The zero-order valence-corrected chi connectivity index (χ0v) is 12.6. The molecule has 1 aromatic carbocycles. The number of para-hydroxylation sites is 1. The molecular weight excluding hydrogens is 302 g/mol. The number of fused-ring (bicyclic) bond motifs is 1. The van der Waals surface area contributed by atoms with Crippen LogP contribution in [0.1, 0.15) is 18.5 Å². The summed E-state index contributed by atoms with van der Waals surface area (Å²) >= 11 is 0. The molecule has 0 saturated heterocycles. The minimum atomic E-state index is -1.09. The van der Waals surface area contributed by atoms with E-state index >= 15 is 0 Å². The Bertz CT molecular complexity index is 770. The van der Waals surface area contributed by atoms with Crippen molar-refractivity contribution in [2.75, 3.05) is 19.0 Å². The molecule has 9 nitrogen and oxygen atoms in total. The number of hydrogen-bond donors (Lipinski definition) is 2. The molecule has 2 aromatic rings. The van der Waals surface area contributed by atoms with Gasteiger partial charge in [0.15, 0.2) is 11.5 Å². The van der Waals surface area contributed by atoms with E-state index in [4.69, 9.17) is 9.47 Å². The molecule has 3 rings (SSSR count). The fourth-order valence-electron chi connectivity index (χ4n) is 2.43. The third kappa shape index (κ3) is 2.56. The molecule has 1 atom stereocenters. The first-order chi connectivity index (χ1) is 11.2. The number of allylic oxidation sites excluding steroid dienone is 1. The number of tetrazole rings is 1. The predicted octanol–water partition coefficient (Wildman–Crippen LogP) is 1.06. The smallest absolute Gasteiger partial charge is 0.352 e. The van der Waals surface area contributed by atoms with Gasteiger partial charge < -0.3 is 19.9 Å². The van der Waals surface area contributed by atoms with E-state index in [-0.39, 0.29) is 11.6 Å². The van der Waals surface area contributed by atoms with Crippen molar-refractivity contribution in [3.8, 4) is 11.5 Å². The molecule has 0 saturated carbocycles. The highest BCUT2D eigenvalue weighted by molar-refractivity contribution is 5.90. The van der Waals surface area contributed by atoms with Gasteiger partial charge in [0, 0.05) is 5.56 Å². The first kappa shape index (κ1) is 14.8. The van der Waals surface area contributed by atoms with E-state index in [0.717, 1.165) is 0 Å². The fourth-order valence-corrected chi connectivity index (χ4v) is 2.43. The van der Waals surface area contributed by atoms with E-state index in [1.54, 1.807) is 19.2 Å². The number of nitrogens with zero attached hydrogens (tertiary/aromatic N) is 4. The van der Waals surface area contributed by atoms with Crippen molar-refractivity contribution in [3.05, 3.63) is 35.5 Å². The lowest BCUT2D eigenvalue weighted by atomic mass is 10.0. The number of nitrogens with one attached hydrogen (secondary N) is 1. The molecule has 0 fully saturated rings. The molecule has 2 heterocycles. The topological polar surface area (TPSA) is 111 Å². The maximum Gasteiger partial charge on any atom is 0.352 e. The molecule has 23 heavy (non-hydrogen) atoms. The first-order valence-corrected chi connectivity index (χ1v) is 6.95. The molecule has 0 amide bonds. The number of benzene rings is 1. The van der Waals surface area contributed by atoms with Gasteiger partial charge in [-0.05, 0) is 29.5 Å². The van der Waals surface area contributed by atoms with Crippen LogP contribution in [0.15, 0.2) is 30.0 Å². The molecule has 9 heteroatoms. The van der Waals surface area contributed by atoms with Crippen molar-refractivity contribution in [1.82, 2.24) is 20.2 Å². The number of ether oxygens (including phenoxy) is 2. The number of carboxylic acid groups (broad SMARTS) is 1. The molecule has 1 unspecified atom stereocenters. The number of carbonyl (C=O) groups is 1. The van der Waals surface area contributed by atoms with Crippen molar-refractivity contribution >= 4 is 11.9 Å². The lowest BCUT2D eigenvalue weighted by Gasteiger charge is -2.24. The van der Waals surface area contributed by atoms with Gasteiger partial charge >= 0.3 is 5.97 Å². The van der Waals surface area contributed by atoms with Crippen LogP contribution in [0.4, 0.5) is 5.95 Å². The monoisotopic (exact) mass is 317 g/mol. The van der Waals surface area contributed by atoms with Crippen LogP contribution in [0.5, 0.6) is 11.5 Å². The lowest BCUT2D eigenvalue weighted by molar-refractivity contribution is -0.132. The maximum atomic E-state index is 11.3. The van der Waals surface area contributed by atoms with E-state index in [9.17, 15) is 9.90 Å². The highest BCUT2D eigenvalue weighted by Gasteiger charge is 2.29. The number of rotatable bonds is 5. The van der Waals surface area contributed by atoms with Crippen LogP contribution in [0.2, 0.25) is 0 Å². The van der Waals surface area contributed by atoms with E-state index in [0.29, 0.717) is 23.7 Å². The van der Waals surface area contributed by atoms with Gasteiger partial charge in [0.05, 0.1) is 13.7 Å². The highest BCUT2D eigenvalue weighted by Crippen LogP contribution is 2.39. The number of aromatic nitrogens is 4. The third-order valence-corrected chi connectivity index (χ3v) is 3.39. The third-order valence-electron chi connectivity index (χ3n) is 3.39. The van der Waals surface area contributed by atoms with Gasteiger partial charge in [0.1, 0.15) is 11.7 Å². The average Bonchev–Trinajstić information content (AvgIpc) is 3.03. The van der Waals surface area contributed by atoms with Crippen LogP contribution in [-0.4, -0.2) is 45.0 Å². The molecule has 0 bridgehead atoms. The Morgan fingerprint density at radius 2 is 2.30 bits per heavy atom. The zero-order chi connectivity index (χ0) is 16.4. The summed E-state index contributed by atoms with van der Waals surface area (Å²) in [6, 6.07) is 4.88. The van der Waals surface area contributed by atoms with Crippen molar-refractivity contribution < 1.29 is 19.4 Å². The largest absolute Gasteiger partial charge is 0.493 e. The fraction of sp³-hybridized carbons (Fsp3) is 0.286. The summed E-state index contributed by atoms with van der Waals surface area (Å²) in [6.07, 6.45) is 1.53. The summed E-state index contributed by atoms with van der Waals surface area (Å²) in [6.45, 7) is 2.30. The summed E-state index contributed by atoms with van der Waals surface area (Å²) < 4.78 is 12.5. The SMILES string of the molecule is CCOc1c(OC)cccc1C1C=C(C(=O)O)Nc2nnnn21. The van der Waals surface area contributed by atoms with Crippen molar-refractivity contribution in [2.24, 2.45) is 0 Å². The maximum absolute atomic E-state index is 11.3. The molecule has 120 valence electrons. The summed E-state index contributed by atoms with van der Waals surface area (Å²) in [5.74, 6) is 0.250. The van der Waals surface area contributed by atoms with Crippen molar-refractivity contribution in [3.63, 3.8) is 0 Å². The molecule has 0 aliphatic carbocycles. The second-order valence-corrected chi connectivity index (χ2v) is 4.71.